The zero-order chi connectivity index (χ0) is 25.0. The Morgan fingerprint density at radius 2 is 1.94 bits per heavy atom. The third-order valence-electron chi connectivity index (χ3n) is 5.91. The van der Waals surface area contributed by atoms with Crippen molar-refractivity contribution in [2.45, 2.75) is 22.3 Å². The molecule has 0 aliphatic carbocycles. The molecular formula is C19H21N9O4S3. The quantitative estimate of drug-likeness (QED) is 0.267. The number of thiazole rings is 1. The minimum Gasteiger partial charge on any atom is -0.375 e. The number of H-pyrrole nitrogens is 1. The number of nitrogens with zero attached hydrogens (tertiary/aromatic N) is 5. The number of hydrogen-bond acceptors (Lipinski definition) is 11. The topological polar surface area (TPSA) is 203 Å². The Hall–Kier alpha value is -3.02. The normalized spacial score (nSPS) is 16.9. The monoisotopic (exact) mass is 535 g/mol. The van der Waals surface area contributed by atoms with Crippen molar-refractivity contribution in [3.8, 4) is 22.5 Å². The van der Waals surface area contributed by atoms with Crippen LogP contribution in [0.15, 0.2) is 40.1 Å². The third-order valence-corrected chi connectivity index (χ3v) is 9.83. The molecule has 1 aliphatic heterocycles. The van der Waals surface area contributed by atoms with Gasteiger partial charge in [-0.3, -0.25) is 0 Å². The van der Waals surface area contributed by atoms with E-state index in [1.165, 1.54) is 34.8 Å². The van der Waals surface area contributed by atoms with Gasteiger partial charge >= 0.3 is 0 Å². The lowest BCUT2D eigenvalue weighted by molar-refractivity contribution is 0.386. The van der Waals surface area contributed by atoms with Gasteiger partial charge in [-0.25, -0.2) is 27.0 Å². The average molecular weight is 536 g/mol. The molecule has 2 aromatic heterocycles. The fourth-order valence-corrected chi connectivity index (χ4v) is 7.97. The van der Waals surface area contributed by atoms with Gasteiger partial charge in [0.15, 0.2) is 5.13 Å². The summed E-state index contributed by atoms with van der Waals surface area (Å²) in [4.78, 5) is 3.29. The van der Waals surface area contributed by atoms with Crippen molar-refractivity contribution in [3.05, 3.63) is 30.3 Å². The maximum Gasteiger partial charge on any atom is 0.244 e. The molecule has 1 fully saturated rings. The van der Waals surface area contributed by atoms with E-state index < -0.39 is 29.8 Å². The molecule has 1 atom stereocenters. The van der Waals surface area contributed by atoms with Gasteiger partial charge in [-0.15, -0.1) is 10.2 Å². The Bertz CT molecular complexity index is 1630. The van der Waals surface area contributed by atoms with Crippen LogP contribution < -0.4 is 16.2 Å². The minimum absolute atomic E-state index is 0.0978. The molecule has 0 amide bonds. The molecule has 0 spiro atoms. The summed E-state index contributed by atoms with van der Waals surface area (Å²) in [6, 6.07) is 7.70. The number of fused-ring (bicyclic) bond motifs is 1. The number of aromatic nitrogens is 5. The van der Waals surface area contributed by atoms with Gasteiger partial charge < -0.3 is 11.1 Å². The van der Waals surface area contributed by atoms with Crippen LogP contribution in [-0.4, -0.2) is 72.9 Å². The highest BCUT2D eigenvalue weighted by molar-refractivity contribution is 7.92. The first kappa shape index (κ1) is 23.7. The highest BCUT2D eigenvalue weighted by Gasteiger charge is 2.37. The van der Waals surface area contributed by atoms with Crippen molar-refractivity contribution >= 4 is 46.7 Å². The van der Waals surface area contributed by atoms with Gasteiger partial charge in [0.2, 0.25) is 25.9 Å². The van der Waals surface area contributed by atoms with Gasteiger partial charge in [-0.05, 0) is 35.9 Å². The number of nitrogen functional groups attached to an aromatic ring is 1. The smallest absolute Gasteiger partial charge is 0.244 e. The summed E-state index contributed by atoms with van der Waals surface area (Å²) < 4.78 is 55.2. The highest BCUT2D eigenvalue weighted by atomic mass is 32.2. The van der Waals surface area contributed by atoms with Crippen molar-refractivity contribution in [2.75, 3.05) is 25.9 Å². The first-order valence-corrected chi connectivity index (χ1v) is 14.2. The molecule has 0 saturated carbocycles. The van der Waals surface area contributed by atoms with Gasteiger partial charge in [-0.1, -0.05) is 29.5 Å². The molecule has 0 unspecified atom stereocenters. The molecule has 0 radical (unpaired) electrons. The Morgan fingerprint density at radius 3 is 2.60 bits per heavy atom. The van der Waals surface area contributed by atoms with E-state index in [-0.39, 0.29) is 17.4 Å². The summed E-state index contributed by atoms with van der Waals surface area (Å²) in [5.74, 6) is -0.133. The Labute approximate surface area is 204 Å². The highest BCUT2D eigenvalue weighted by Crippen LogP contribution is 2.42. The van der Waals surface area contributed by atoms with Crippen LogP contribution in [0.25, 0.3) is 32.7 Å². The molecular weight excluding hydrogens is 514 g/mol. The number of hydrogen-bond donors (Lipinski definition) is 4. The predicted molar refractivity (Wildman–Crippen MR) is 130 cm³/mol. The summed E-state index contributed by atoms with van der Waals surface area (Å²) >= 11 is 1.26. The van der Waals surface area contributed by atoms with Crippen molar-refractivity contribution in [3.63, 3.8) is 0 Å². The number of nitrogens with one attached hydrogen (secondary N) is 2. The van der Waals surface area contributed by atoms with Gasteiger partial charge in [0.25, 0.3) is 0 Å². The number of para-hydroxylation sites is 1. The van der Waals surface area contributed by atoms with E-state index in [1.54, 1.807) is 12.1 Å². The fourth-order valence-electron chi connectivity index (χ4n) is 4.25. The standard InChI is InChI=1S/C19H21N9O4S3/c1-28(10-7-8-22-9-10)35(31,32)14-6-5-11(12-3-2-4-13-16(12)23-19(20)33-13)15(17(14)34(21,29)30)18-24-26-27-25-18/h2-6,10,22H,7-9H2,1H3,(H2,20,23)(H2,21,29,30)(H,24,25,26,27)/t10-/m0/s1. The first-order chi connectivity index (χ1) is 16.6. The summed E-state index contributed by atoms with van der Waals surface area (Å²) in [7, 11) is -7.45. The van der Waals surface area contributed by atoms with E-state index in [1.807, 2.05) is 6.07 Å². The number of nitrogens with two attached hydrogens (primary N) is 2. The largest absolute Gasteiger partial charge is 0.375 e. The van der Waals surface area contributed by atoms with Crippen molar-refractivity contribution in [2.24, 2.45) is 5.14 Å². The third kappa shape index (κ3) is 4.07. The zero-order valence-electron chi connectivity index (χ0n) is 18.3. The molecule has 3 heterocycles. The molecule has 6 N–H and O–H groups in total. The zero-order valence-corrected chi connectivity index (χ0v) is 20.8. The van der Waals surface area contributed by atoms with E-state index in [2.05, 4.69) is 30.9 Å². The molecule has 2 aromatic carbocycles. The van der Waals surface area contributed by atoms with Crippen molar-refractivity contribution in [1.29, 1.82) is 0 Å². The van der Waals surface area contributed by atoms with Crippen LogP contribution in [-0.2, 0) is 20.0 Å². The van der Waals surface area contributed by atoms with Gasteiger partial charge in [0, 0.05) is 25.2 Å². The molecule has 0 bridgehead atoms. The van der Waals surface area contributed by atoms with Crippen LogP contribution >= 0.6 is 11.3 Å². The second-order valence-electron chi connectivity index (χ2n) is 7.97. The Morgan fingerprint density at radius 1 is 1.14 bits per heavy atom. The summed E-state index contributed by atoms with van der Waals surface area (Å²) in [6.45, 7) is 1.10. The molecule has 35 heavy (non-hydrogen) atoms. The predicted octanol–water partition coefficient (Wildman–Crippen LogP) is 0.355. The maximum atomic E-state index is 13.7. The van der Waals surface area contributed by atoms with Crippen LogP contribution in [0.2, 0.25) is 0 Å². The lowest BCUT2D eigenvalue weighted by Crippen LogP contribution is -2.39. The number of aromatic amines is 1. The van der Waals surface area contributed by atoms with E-state index in [0.717, 1.165) is 4.70 Å². The van der Waals surface area contributed by atoms with E-state index >= 15 is 0 Å². The number of sulfonamides is 2. The molecule has 184 valence electrons. The lowest BCUT2D eigenvalue weighted by Gasteiger charge is -2.25. The average Bonchev–Trinajstić information content (AvgIpc) is 3.58. The minimum atomic E-state index is -4.59. The molecule has 4 aromatic rings. The molecule has 1 aliphatic rings. The van der Waals surface area contributed by atoms with Crippen LogP contribution in [0.5, 0.6) is 0 Å². The van der Waals surface area contributed by atoms with Gasteiger partial charge in [-0.2, -0.15) is 9.52 Å². The number of rotatable bonds is 6. The van der Waals surface area contributed by atoms with Crippen molar-refractivity contribution < 1.29 is 16.8 Å². The maximum absolute atomic E-state index is 13.7. The summed E-state index contributed by atoms with van der Waals surface area (Å²) in [5.41, 5.74) is 7.15. The number of tetrazole rings is 1. The van der Waals surface area contributed by atoms with Crippen LogP contribution in [0.4, 0.5) is 5.13 Å². The van der Waals surface area contributed by atoms with Gasteiger partial charge in [0.05, 0.1) is 15.8 Å². The number of benzene rings is 2. The van der Waals surface area contributed by atoms with E-state index in [9.17, 15) is 16.8 Å². The van der Waals surface area contributed by atoms with Crippen molar-refractivity contribution in [1.82, 2.24) is 35.2 Å². The molecule has 16 heteroatoms. The molecule has 1 saturated heterocycles. The SMILES string of the molecule is CN([C@H]1CCNC1)S(=O)(=O)c1ccc(-c2cccc3sc(N)nc23)c(-c2nn[nH]n2)c1S(N)(=O)=O. The second-order valence-corrected chi connectivity index (χ2v) is 12.5. The number of likely N-dealkylation sites (N-methyl/N-ethyl adjacent to an activating group) is 1. The number of primary sulfonamides is 1. The first-order valence-electron chi connectivity index (χ1n) is 10.4. The van der Waals surface area contributed by atoms with Crippen LogP contribution in [0, 0.1) is 0 Å². The van der Waals surface area contributed by atoms with E-state index in [0.29, 0.717) is 41.3 Å². The van der Waals surface area contributed by atoms with Crippen LogP contribution in [0.1, 0.15) is 6.42 Å². The number of anilines is 1. The van der Waals surface area contributed by atoms with Crippen LogP contribution in [0.3, 0.4) is 0 Å². The summed E-state index contributed by atoms with van der Waals surface area (Å²) in [5, 5.41) is 22.8. The fraction of sp³-hybridized carbons (Fsp3) is 0.263. The second kappa shape index (κ2) is 8.58. The molecule has 5 rings (SSSR count). The Kier molecular flexibility index (Phi) is 5.81. The Balaban J connectivity index is 1.85. The van der Waals surface area contributed by atoms with Gasteiger partial charge in [0.1, 0.15) is 9.79 Å². The summed E-state index contributed by atoms with van der Waals surface area (Å²) in [6.07, 6.45) is 0.587. The van der Waals surface area contributed by atoms with E-state index in [4.69, 9.17) is 10.9 Å². The molecule has 13 nitrogen and oxygen atoms in total. The lowest BCUT2D eigenvalue weighted by atomic mass is 9.98.